The number of carbonyl (C=O) groups is 3. The van der Waals surface area contributed by atoms with Crippen LogP contribution in [0.2, 0.25) is 0 Å². The first-order valence-corrected chi connectivity index (χ1v) is 29.7. The molecule has 0 fully saturated rings. The number of unbranched alkanes of at least 4 members (excludes halogenated alkanes) is 26. The maximum absolute atomic E-state index is 12.7. The van der Waals surface area contributed by atoms with Gasteiger partial charge in [-0.3, -0.25) is 14.4 Å². The second-order valence-corrected chi connectivity index (χ2v) is 19.5. The van der Waals surface area contributed by atoms with Crippen LogP contribution in [-0.4, -0.2) is 37.2 Å². The van der Waals surface area contributed by atoms with E-state index in [-0.39, 0.29) is 31.1 Å². The van der Waals surface area contributed by atoms with E-state index in [9.17, 15) is 14.4 Å². The smallest absolute Gasteiger partial charge is 0.306 e. The Balaban J connectivity index is 3.98. The van der Waals surface area contributed by atoms with E-state index in [0.717, 1.165) is 116 Å². The lowest BCUT2D eigenvalue weighted by Gasteiger charge is -2.18. The van der Waals surface area contributed by atoms with Crippen LogP contribution in [0.4, 0.5) is 0 Å². The molecule has 406 valence electrons. The fourth-order valence-corrected chi connectivity index (χ4v) is 8.12. The first-order valence-electron chi connectivity index (χ1n) is 29.7. The summed E-state index contributed by atoms with van der Waals surface area (Å²) in [4.78, 5) is 37.8. The molecule has 0 aromatic rings. The van der Waals surface area contributed by atoms with Crippen molar-refractivity contribution in [3.05, 3.63) is 97.2 Å². The van der Waals surface area contributed by atoms with Crippen LogP contribution in [0, 0.1) is 0 Å². The van der Waals surface area contributed by atoms with Gasteiger partial charge in [0.1, 0.15) is 13.2 Å². The van der Waals surface area contributed by atoms with Crippen LogP contribution in [0.1, 0.15) is 278 Å². The van der Waals surface area contributed by atoms with Crippen LogP contribution in [0.15, 0.2) is 97.2 Å². The zero-order chi connectivity index (χ0) is 51.4. The van der Waals surface area contributed by atoms with Crippen molar-refractivity contribution in [2.24, 2.45) is 0 Å². The minimum absolute atomic E-state index is 0.0786. The highest BCUT2D eigenvalue weighted by atomic mass is 16.6. The molecule has 0 saturated heterocycles. The molecule has 1 unspecified atom stereocenters. The molecule has 0 spiro atoms. The highest BCUT2D eigenvalue weighted by Gasteiger charge is 2.19. The van der Waals surface area contributed by atoms with Crippen molar-refractivity contribution >= 4 is 17.9 Å². The number of carbonyl (C=O) groups excluding carboxylic acids is 3. The maximum Gasteiger partial charge on any atom is 0.306 e. The molecule has 0 bridgehead atoms. The summed E-state index contributed by atoms with van der Waals surface area (Å²) < 4.78 is 16.7. The van der Waals surface area contributed by atoms with Crippen LogP contribution >= 0.6 is 0 Å². The molecule has 0 aromatic heterocycles. The minimum Gasteiger partial charge on any atom is -0.462 e. The van der Waals surface area contributed by atoms with Gasteiger partial charge in [0.2, 0.25) is 0 Å². The van der Waals surface area contributed by atoms with Crippen molar-refractivity contribution in [2.45, 2.75) is 284 Å². The summed E-state index contributed by atoms with van der Waals surface area (Å²) >= 11 is 0. The Bertz CT molecular complexity index is 1410. The van der Waals surface area contributed by atoms with E-state index >= 15 is 0 Å². The molecule has 6 nitrogen and oxygen atoms in total. The third-order valence-electron chi connectivity index (χ3n) is 12.6. The SMILES string of the molecule is CC/C=C\C/C=C\C/C=C\C/C=C\C/C=C\C/C=C\C/C=C\CCCCCCCCCCCCCCCC(=O)OCC(COC(=O)CCCCCCCC)OC(=O)CCCCCCC/C=C\CCCCC. The molecule has 0 aliphatic rings. The largest absolute Gasteiger partial charge is 0.462 e. The predicted octanol–water partition coefficient (Wildman–Crippen LogP) is 20.1. The minimum atomic E-state index is -0.776. The van der Waals surface area contributed by atoms with Gasteiger partial charge < -0.3 is 14.2 Å². The second-order valence-electron chi connectivity index (χ2n) is 19.5. The van der Waals surface area contributed by atoms with Crippen LogP contribution < -0.4 is 0 Å². The zero-order valence-corrected chi connectivity index (χ0v) is 46.5. The standard InChI is InChI=1S/C65H110O6/c1-4-7-10-13-16-18-20-22-23-24-25-26-27-28-29-30-31-32-33-34-35-36-37-38-39-40-41-42-43-44-46-47-49-52-55-58-64(67)70-61-62(60-69-63(66)57-54-51-15-12-9-6-3)71-65(68)59-56-53-50-48-45-21-19-17-14-11-8-5-2/h7,10,16-19,22-23,25-26,28-29,31-32,34-35,62H,4-6,8-9,11-15,20-21,24,27,30,33,36-61H2,1-3H3/b10-7-,18-16-,19-17-,23-22-,26-25-,29-28-,32-31-,35-34-. The Hall–Kier alpha value is -3.67. The monoisotopic (exact) mass is 987 g/mol. The van der Waals surface area contributed by atoms with Crippen molar-refractivity contribution < 1.29 is 28.6 Å². The van der Waals surface area contributed by atoms with Crippen molar-refractivity contribution in [3.63, 3.8) is 0 Å². The van der Waals surface area contributed by atoms with Gasteiger partial charge in [-0.25, -0.2) is 0 Å². The molecule has 0 amide bonds. The molecule has 0 aliphatic carbocycles. The van der Waals surface area contributed by atoms with Crippen molar-refractivity contribution in [3.8, 4) is 0 Å². The first-order chi connectivity index (χ1) is 35.0. The van der Waals surface area contributed by atoms with Gasteiger partial charge in [0.25, 0.3) is 0 Å². The van der Waals surface area contributed by atoms with Crippen molar-refractivity contribution in [1.82, 2.24) is 0 Å². The van der Waals surface area contributed by atoms with Gasteiger partial charge in [0.15, 0.2) is 6.10 Å². The first kappa shape index (κ1) is 67.3. The molecular weight excluding hydrogens is 877 g/mol. The normalized spacial score (nSPS) is 12.8. The van der Waals surface area contributed by atoms with Crippen LogP contribution in [0.25, 0.3) is 0 Å². The zero-order valence-electron chi connectivity index (χ0n) is 46.5. The highest BCUT2D eigenvalue weighted by Crippen LogP contribution is 2.15. The highest BCUT2D eigenvalue weighted by molar-refractivity contribution is 5.71. The topological polar surface area (TPSA) is 78.9 Å². The van der Waals surface area contributed by atoms with Gasteiger partial charge in [-0.05, 0) is 103 Å². The fourth-order valence-electron chi connectivity index (χ4n) is 8.12. The number of esters is 3. The summed E-state index contributed by atoms with van der Waals surface area (Å²) in [6.45, 7) is 6.43. The number of ether oxygens (including phenoxy) is 3. The lowest BCUT2D eigenvalue weighted by molar-refractivity contribution is -0.167. The Morgan fingerprint density at radius 1 is 0.296 bits per heavy atom. The summed E-state index contributed by atoms with van der Waals surface area (Å²) in [7, 11) is 0. The lowest BCUT2D eigenvalue weighted by Crippen LogP contribution is -2.30. The van der Waals surface area contributed by atoms with Crippen molar-refractivity contribution in [2.75, 3.05) is 13.2 Å². The molecular formula is C65H110O6. The maximum atomic E-state index is 12.7. The van der Waals surface area contributed by atoms with E-state index in [0.29, 0.717) is 19.3 Å². The predicted molar refractivity (Wildman–Crippen MR) is 307 cm³/mol. The van der Waals surface area contributed by atoms with E-state index in [1.165, 1.54) is 122 Å². The molecule has 0 N–H and O–H groups in total. The van der Waals surface area contributed by atoms with Crippen LogP contribution in [0.5, 0.6) is 0 Å². The molecule has 6 heteroatoms. The molecule has 0 rings (SSSR count). The molecule has 1 atom stereocenters. The molecule has 0 saturated carbocycles. The average Bonchev–Trinajstić information content (AvgIpc) is 3.37. The van der Waals surface area contributed by atoms with E-state index in [1.807, 2.05) is 0 Å². The van der Waals surface area contributed by atoms with Gasteiger partial charge in [0, 0.05) is 19.3 Å². The second kappa shape index (κ2) is 58.9. The van der Waals surface area contributed by atoms with E-state index in [2.05, 4.69) is 118 Å². The van der Waals surface area contributed by atoms with Crippen LogP contribution in [-0.2, 0) is 28.6 Å². The Morgan fingerprint density at radius 3 is 0.901 bits per heavy atom. The van der Waals surface area contributed by atoms with E-state index < -0.39 is 6.10 Å². The number of allylic oxidation sites excluding steroid dienone is 16. The van der Waals surface area contributed by atoms with E-state index in [1.54, 1.807) is 0 Å². The third kappa shape index (κ3) is 57.1. The van der Waals surface area contributed by atoms with Gasteiger partial charge in [0.05, 0.1) is 0 Å². The molecule has 71 heavy (non-hydrogen) atoms. The molecule has 0 aromatic carbocycles. The number of hydrogen-bond acceptors (Lipinski definition) is 6. The Morgan fingerprint density at radius 2 is 0.549 bits per heavy atom. The molecule has 0 radical (unpaired) electrons. The van der Waals surface area contributed by atoms with Gasteiger partial charge in [-0.2, -0.15) is 0 Å². The van der Waals surface area contributed by atoms with E-state index in [4.69, 9.17) is 14.2 Å². The van der Waals surface area contributed by atoms with Gasteiger partial charge >= 0.3 is 17.9 Å². The summed E-state index contributed by atoms with van der Waals surface area (Å²) in [5, 5.41) is 0. The molecule has 0 heterocycles. The van der Waals surface area contributed by atoms with Crippen molar-refractivity contribution in [1.29, 1.82) is 0 Å². The quantitative estimate of drug-likeness (QED) is 0.0261. The van der Waals surface area contributed by atoms with Gasteiger partial charge in [-0.15, -0.1) is 0 Å². The summed E-state index contributed by atoms with van der Waals surface area (Å²) in [6.07, 6.45) is 78.8. The average molecular weight is 988 g/mol. The van der Waals surface area contributed by atoms with Gasteiger partial charge in [-0.1, -0.05) is 253 Å². The third-order valence-corrected chi connectivity index (χ3v) is 12.6. The summed E-state index contributed by atoms with van der Waals surface area (Å²) in [5.74, 6) is -0.896. The Kier molecular flexibility index (Phi) is 55.9. The summed E-state index contributed by atoms with van der Waals surface area (Å²) in [5.41, 5.74) is 0. The Labute approximate surface area is 438 Å². The lowest BCUT2D eigenvalue weighted by atomic mass is 10.0. The number of rotatable bonds is 53. The fraction of sp³-hybridized carbons (Fsp3) is 0.708. The summed E-state index contributed by atoms with van der Waals surface area (Å²) in [6, 6.07) is 0. The molecule has 0 aliphatic heterocycles. The van der Waals surface area contributed by atoms with Crippen LogP contribution in [0.3, 0.4) is 0 Å². The number of hydrogen-bond donors (Lipinski definition) is 0.